The summed E-state index contributed by atoms with van der Waals surface area (Å²) in [6.07, 6.45) is 6.60. The molecule has 1 amide bonds. The third kappa shape index (κ3) is 4.42. The summed E-state index contributed by atoms with van der Waals surface area (Å²) >= 11 is 0. The van der Waals surface area contributed by atoms with Gasteiger partial charge in [0.15, 0.2) is 0 Å². The van der Waals surface area contributed by atoms with E-state index in [1.807, 2.05) is 47.4 Å². The van der Waals surface area contributed by atoms with Crippen molar-refractivity contribution in [2.75, 3.05) is 6.54 Å². The summed E-state index contributed by atoms with van der Waals surface area (Å²) in [7, 11) is 0. The molecule has 0 aliphatic heterocycles. The number of aromatic nitrogens is 2. The van der Waals surface area contributed by atoms with E-state index in [1.54, 1.807) is 0 Å². The second-order valence-corrected chi connectivity index (χ2v) is 5.87. The molecule has 0 spiro atoms. The first-order valence-corrected chi connectivity index (χ1v) is 8.22. The maximum absolute atomic E-state index is 12.2. The van der Waals surface area contributed by atoms with Gasteiger partial charge in [-0.15, -0.1) is 0 Å². The molecule has 0 radical (unpaired) electrons. The van der Waals surface area contributed by atoms with Crippen LogP contribution in [-0.4, -0.2) is 27.8 Å². The maximum Gasteiger partial charge on any atom is 0.220 e. The molecule has 0 unspecified atom stereocenters. The van der Waals surface area contributed by atoms with Crippen LogP contribution in [0.25, 0.3) is 5.69 Å². The lowest BCUT2D eigenvalue weighted by molar-refractivity contribution is -0.123. The molecule has 0 bridgehead atoms. The molecule has 1 aromatic carbocycles. The molecule has 2 aromatic rings. The minimum atomic E-state index is -0.273. The van der Waals surface area contributed by atoms with Crippen molar-refractivity contribution in [2.24, 2.45) is 5.73 Å². The molecule has 0 aliphatic rings. The van der Waals surface area contributed by atoms with Crippen molar-refractivity contribution in [2.45, 2.75) is 45.1 Å². The Balaban J connectivity index is 1.91. The van der Waals surface area contributed by atoms with Crippen LogP contribution < -0.4 is 11.1 Å². The van der Waals surface area contributed by atoms with Crippen molar-refractivity contribution >= 4 is 5.91 Å². The highest BCUT2D eigenvalue weighted by atomic mass is 16.1. The number of para-hydroxylation sites is 1. The van der Waals surface area contributed by atoms with Crippen LogP contribution >= 0.6 is 0 Å². The second-order valence-electron chi connectivity index (χ2n) is 5.87. The first-order valence-electron chi connectivity index (χ1n) is 8.22. The number of nitrogens with zero attached hydrogens (tertiary/aromatic N) is 2. The van der Waals surface area contributed by atoms with E-state index in [0.717, 1.165) is 24.1 Å². The number of nitrogens with one attached hydrogen (secondary N) is 1. The summed E-state index contributed by atoms with van der Waals surface area (Å²) < 4.78 is 1.83. The predicted molar refractivity (Wildman–Crippen MR) is 92.4 cm³/mol. The fraction of sp³-hybridized carbons (Fsp3) is 0.444. The summed E-state index contributed by atoms with van der Waals surface area (Å²) in [5, 5.41) is 7.45. The van der Waals surface area contributed by atoms with E-state index in [2.05, 4.69) is 24.3 Å². The molecule has 0 atom stereocenters. The Morgan fingerprint density at radius 1 is 1.26 bits per heavy atom. The third-order valence-electron chi connectivity index (χ3n) is 4.45. The zero-order chi connectivity index (χ0) is 16.7. The topological polar surface area (TPSA) is 72.9 Å². The van der Waals surface area contributed by atoms with Gasteiger partial charge in [-0.25, -0.2) is 4.68 Å². The minimum absolute atomic E-state index is 0.0478. The SMILES string of the molecule is CCC(CC)(CN)NC(=O)CCc1cnn(-c2ccccc2)c1. The normalized spacial score (nSPS) is 11.4. The number of carbonyl (C=O) groups excluding carboxylic acids is 1. The first kappa shape index (κ1) is 17.2. The van der Waals surface area contributed by atoms with Crippen LogP contribution in [0.4, 0.5) is 0 Å². The lowest BCUT2D eigenvalue weighted by atomic mass is 9.92. The Morgan fingerprint density at radius 3 is 2.57 bits per heavy atom. The fourth-order valence-corrected chi connectivity index (χ4v) is 2.59. The number of amides is 1. The lowest BCUT2D eigenvalue weighted by Crippen LogP contribution is -2.52. The second kappa shape index (κ2) is 7.92. The Bertz CT molecular complexity index is 609. The van der Waals surface area contributed by atoms with Crippen LogP contribution in [0.3, 0.4) is 0 Å². The predicted octanol–water partition coefficient (Wildman–Crippen LogP) is 2.44. The first-order chi connectivity index (χ1) is 11.1. The maximum atomic E-state index is 12.2. The molecule has 1 aromatic heterocycles. The summed E-state index contributed by atoms with van der Waals surface area (Å²) in [6.45, 7) is 4.58. The van der Waals surface area contributed by atoms with E-state index in [9.17, 15) is 4.79 Å². The van der Waals surface area contributed by atoms with Crippen molar-refractivity contribution in [3.8, 4) is 5.69 Å². The van der Waals surface area contributed by atoms with Gasteiger partial charge in [-0.1, -0.05) is 32.0 Å². The van der Waals surface area contributed by atoms with Gasteiger partial charge in [-0.05, 0) is 37.0 Å². The average molecular weight is 314 g/mol. The number of hydrogen-bond acceptors (Lipinski definition) is 3. The highest BCUT2D eigenvalue weighted by Gasteiger charge is 2.25. The van der Waals surface area contributed by atoms with Crippen LogP contribution in [0.15, 0.2) is 42.7 Å². The highest BCUT2D eigenvalue weighted by molar-refractivity contribution is 5.77. The number of carbonyl (C=O) groups is 1. The molecular weight excluding hydrogens is 288 g/mol. The molecular formula is C18H26N4O. The number of hydrogen-bond donors (Lipinski definition) is 2. The number of rotatable bonds is 8. The summed E-state index contributed by atoms with van der Waals surface area (Å²) in [5.74, 6) is 0.0478. The molecule has 0 fully saturated rings. The molecule has 0 saturated heterocycles. The van der Waals surface area contributed by atoms with E-state index in [0.29, 0.717) is 19.4 Å². The molecule has 5 heteroatoms. The van der Waals surface area contributed by atoms with Crippen LogP contribution in [0.2, 0.25) is 0 Å². The van der Waals surface area contributed by atoms with Crippen molar-refractivity contribution < 1.29 is 4.79 Å². The van der Waals surface area contributed by atoms with E-state index in [4.69, 9.17) is 5.73 Å². The van der Waals surface area contributed by atoms with Gasteiger partial charge in [0.05, 0.1) is 17.4 Å². The van der Waals surface area contributed by atoms with Crippen LogP contribution in [0.5, 0.6) is 0 Å². The summed E-state index contributed by atoms with van der Waals surface area (Å²) in [6, 6.07) is 9.94. The molecule has 5 nitrogen and oxygen atoms in total. The van der Waals surface area contributed by atoms with Gasteiger partial charge >= 0.3 is 0 Å². The molecule has 0 saturated carbocycles. The lowest BCUT2D eigenvalue weighted by Gasteiger charge is -2.31. The molecule has 3 N–H and O–H groups in total. The largest absolute Gasteiger partial charge is 0.349 e. The van der Waals surface area contributed by atoms with Gasteiger partial charge in [0.2, 0.25) is 5.91 Å². The average Bonchev–Trinajstić information content (AvgIpc) is 3.08. The number of nitrogens with two attached hydrogens (primary N) is 1. The highest BCUT2D eigenvalue weighted by Crippen LogP contribution is 2.14. The summed E-state index contributed by atoms with van der Waals surface area (Å²) in [4.78, 5) is 12.2. The van der Waals surface area contributed by atoms with E-state index in [-0.39, 0.29) is 11.4 Å². The zero-order valence-electron chi connectivity index (χ0n) is 14.0. The van der Waals surface area contributed by atoms with Crippen molar-refractivity contribution in [1.29, 1.82) is 0 Å². The Kier molecular flexibility index (Phi) is 5.93. The van der Waals surface area contributed by atoms with Gasteiger partial charge in [0, 0.05) is 19.2 Å². The minimum Gasteiger partial charge on any atom is -0.349 e. The molecule has 2 rings (SSSR count). The molecule has 124 valence electrons. The Hall–Kier alpha value is -2.14. The standard InChI is InChI=1S/C18H26N4O/c1-3-18(4-2,14-19)21-17(23)11-10-15-12-20-22(13-15)16-8-6-5-7-9-16/h5-9,12-13H,3-4,10-11,14,19H2,1-2H3,(H,21,23). The van der Waals surface area contributed by atoms with E-state index < -0.39 is 0 Å². The molecule has 0 aliphatic carbocycles. The van der Waals surface area contributed by atoms with Crippen LogP contribution in [-0.2, 0) is 11.2 Å². The van der Waals surface area contributed by atoms with E-state index in [1.165, 1.54) is 0 Å². The van der Waals surface area contributed by atoms with Crippen molar-refractivity contribution in [3.05, 3.63) is 48.3 Å². The van der Waals surface area contributed by atoms with Gasteiger partial charge in [0.25, 0.3) is 0 Å². The van der Waals surface area contributed by atoms with Gasteiger partial charge in [-0.2, -0.15) is 5.10 Å². The number of aryl methyl sites for hydroxylation is 1. The monoisotopic (exact) mass is 314 g/mol. The molecule has 1 heterocycles. The van der Waals surface area contributed by atoms with Gasteiger partial charge in [-0.3, -0.25) is 4.79 Å². The van der Waals surface area contributed by atoms with Crippen LogP contribution in [0.1, 0.15) is 38.7 Å². The van der Waals surface area contributed by atoms with E-state index >= 15 is 0 Å². The Labute approximate surface area is 137 Å². The molecule has 23 heavy (non-hydrogen) atoms. The number of benzene rings is 1. The summed E-state index contributed by atoms with van der Waals surface area (Å²) in [5.41, 5.74) is 7.62. The third-order valence-corrected chi connectivity index (χ3v) is 4.45. The van der Waals surface area contributed by atoms with Crippen molar-refractivity contribution in [1.82, 2.24) is 15.1 Å². The van der Waals surface area contributed by atoms with Gasteiger partial charge in [0.1, 0.15) is 0 Å². The quantitative estimate of drug-likeness (QED) is 0.786. The van der Waals surface area contributed by atoms with Gasteiger partial charge < -0.3 is 11.1 Å². The smallest absolute Gasteiger partial charge is 0.220 e. The Morgan fingerprint density at radius 2 is 1.96 bits per heavy atom. The van der Waals surface area contributed by atoms with Crippen LogP contribution in [0, 0.1) is 0 Å². The fourth-order valence-electron chi connectivity index (χ4n) is 2.59. The zero-order valence-corrected chi connectivity index (χ0v) is 14.0. The van der Waals surface area contributed by atoms with Crippen molar-refractivity contribution in [3.63, 3.8) is 0 Å².